The third kappa shape index (κ3) is 10.2. The molecule has 1 aliphatic carbocycles. The second-order valence-corrected chi connectivity index (χ2v) is 19.0. The number of hydrogen-bond donors (Lipinski definition) is 0. The Kier molecular flexibility index (Phi) is 13.7. The first-order valence-electron chi connectivity index (χ1n) is 26.1. The Hall–Kier alpha value is -9.90. The predicted octanol–water partition coefficient (Wildman–Crippen LogP) is 20.1. The highest BCUT2D eigenvalue weighted by Gasteiger charge is 2.21. The van der Waals surface area contributed by atoms with Gasteiger partial charge in [0, 0.05) is 62.6 Å². The van der Waals surface area contributed by atoms with Gasteiger partial charge in [-0.3, -0.25) is 0 Å². The summed E-state index contributed by atoms with van der Waals surface area (Å²) in [6, 6.07) is 107. The van der Waals surface area contributed by atoms with Crippen molar-refractivity contribution < 1.29 is 0 Å². The molecule has 0 fully saturated rings. The Morgan fingerprint density at radius 2 is 0.421 bits per heavy atom. The Morgan fingerprint density at radius 1 is 0.211 bits per heavy atom. The van der Waals surface area contributed by atoms with Crippen LogP contribution in [0.25, 0.3) is 33.4 Å². The molecule has 0 saturated carbocycles. The van der Waals surface area contributed by atoms with Crippen molar-refractivity contribution in [3.05, 3.63) is 322 Å². The second-order valence-electron chi connectivity index (χ2n) is 19.0. The summed E-state index contributed by atoms with van der Waals surface area (Å²) in [7, 11) is 0. The zero-order valence-electron chi connectivity index (χ0n) is 42.2. The molecule has 0 radical (unpaired) electrons. The third-order valence-electron chi connectivity index (χ3n) is 14.2. The number of rotatable bonds is 15. The first-order valence-corrected chi connectivity index (χ1v) is 26.1. The van der Waals surface area contributed by atoms with Crippen molar-refractivity contribution in [3.63, 3.8) is 0 Å². The number of hydrogen-bond acceptors (Lipinski definition) is 4. The van der Waals surface area contributed by atoms with E-state index in [2.05, 4.69) is 341 Å². The molecule has 11 aromatic carbocycles. The molecule has 0 N–H and O–H groups in total. The number of para-hydroxylation sites is 5. The average Bonchev–Trinajstić information content (AvgIpc) is 3.51. The van der Waals surface area contributed by atoms with E-state index in [1.807, 2.05) is 0 Å². The van der Waals surface area contributed by atoms with Gasteiger partial charge in [-0.1, -0.05) is 188 Å². The van der Waals surface area contributed by atoms with Crippen molar-refractivity contribution >= 4 is 62.6 Å². The molecule has 1 atom stereocenters. The molecule has 364 valence electrons. The van der Waals surface area contributed by atoms with Crippen LogP contribution >= 0.6 is 0 Å². The van der Waals surface area contributed by atoms with E-state index in [4.69, 9.17) is 0 Å². The molecule has 0 bridgehead atoms. The molecular weight excluding hydrogens is 921 g/mol. The molecule has 0 saturated heterocycles. The Balaban J connectivity index is 0.769. The van der Waals surface area contributed by atoms with Crippen LogP contribution in [0.4, 0.5) is 62.6 Å². The van der Waals surface area contributed by atoms with Gasteiger partial charge in [0.25, 0.3) is 0 Å². The molecule has 0 aromatic heterocycles. The molecule has 0 unspecified atom stereocenters. The quantitative estimate of drug-likeness (QED) is 0.101. The first kappa shape index (κ1) is 47.1. The monoisotopic (exact) mass is 976 g/mol. The zero-order valence-corrected chi connectivity index (χ0v) is 42.2. The van der Waals surface area contributed by atoms with E-state index < -0.39 is 0 Å². The van der Waals surface area contributed by atoms with Gasteiger partial charge in [0.1, 0.15) is 0 Å². The summed E-state index contributed by atoms with van der Waals surface area (Å²) >= 11 is 0. The van der Waals surface area contributed by atoms with Crippen LogP contribution in [0, 0.1) is 0 Å². The minimum Gasteiger partial charge on any atom is -0.334 e. The van der Waals surface area contributed by atoms with Crippen LogP contribution in [0.3, 0.4) is 0 Å². The lowest BCUT2D eigenvalue weighted by molar-refractivity contribution is 0.785. The van der Waals surface area contributed by atoms with Gasteiger partial charge in [0.2, 0.25) is 0 Å². The highest BCUT2D eigenvalue weighted by Crippen LogP contribution is 2.41. The molecule has 12 rings (SSSR count). The molecule has 0 heterocycles. The summed E-state index contributed by atoms with van der Waals surface area (Å²) in [6.07, 6.45) is 9.81. The molecular formula is C72H56N4. The van der Waals surface area contributed by atoms with Crippen LogP contribution in [-0.2, 0) is 0 Å². The Morgan fingerprint density at radius 3 is 0.632 bits per heavy atom. The van der Waals surface area contributed by atoms with Crippen LogP contribution < -0.4 is 19.6 Å². The lowest BCUT2D eigenvalue weighted by atomic mass is 10.0. The van der Waals surface area contributed by atoms with E-state index in [1.54, 1.807) is 0 Å². The van der Waals surface area contributed by atoms with Gasteiger partial charge in [-0.25, -0.2) is 0 Å². The van der Waals surface area contributed by atoms with E-state index in [0.29, 0.717) is 0 Å². The van der Waals surface area contributed by atoms with E-state index in [-0.39, 0.29) is 6.04 Å². The first-order chi connectivity index (χ1) is 37.7. The minimum absolute atomic E-state index is 0.191. The van der Waals surface area contributed by atoms with E-state index in [0.717, 1.165) is 74.5 Å². The van der Waals surface area contributed by atoms with Crippen molar-refractivity contribution in [3.8, 4) is 33.4 Å². The van der Waals surface area contributed by atoms with Gasteiger partial charge in [0.15, 0.2) is 0 Å². The number of benzene rings is 11. The fraction of sp³-hybridized carbons (Fsp3) is 0.0278. The fourth-order valence-electron chi connectivity index (χ4n) is 10.4. The molecule has 0 spiro atoms. The average molecular weight is 977 g/mol. The highest BCUT2D eigenvalue weighted by atomic mass is 15.2. The molecule has 11 aromatic rings. The largest absolute Gasteiger partial charge is 0.334 e. The maximum atomic E-state index is 2.46. The van der Waals surface area contributed by atoms with Gasteiger partial charge in [-0.05, 0) is 173 Å². The summed E-state index contributed by atoms with van der Waals surface area (Å²) < 4.78 is 0. The van der Waals surface area contributed by atoms with Gasteiger partial charge in [-0.15, -0.1) is 0 Å². The topological polar surface area (TPSA) is 13.0 Å². The van der Waals surface area contributed by atoms with Crippen molar-refractivity contribution in [2.75, 3.05) is 19.6 Å². The van der Waals surface area contributed by atoms with E-state index in [1.165, 1.54) is 27.8 Å². The van der Waals surface area contributed by atoms with Gasteiger partial charge < -0.3 is 19.6 Å². The van der Waals surface area contributed by atoms with Gasteiger partial charge in [0.05, 0.1) is 6.04 Å². The Bertz CT molecular complexity index is 3580. The van der Waals surface area contributed by atoms with Crippen molar-refractivity contribution in [2.45, 2.75) is 12.5 Å². The molecule has 1 aliphatic rings. The van der Waals surface area contributed by atoms with Crippen LogP contribution in [0.2, 0.25) is 0 Å². The number of allylic oxidation sites excluding steroid dienone is 2. The summed E-state index contributed by atoms with van der Waals surface area (Å²) in [5, 5.41) is 0. The predicted molar refractivity (Wildman–Crippen MR) is 322 cm³/mol. The molecule has 76 heavy (non-hydrogen) atoms. The summed E-state index contributed by atoms with van der Waals surface area (Å²) in [5.74, 6) is 0. The lowest BCUT2D eigenvalue weighted by Crippen LogP contribution is -2.29. The van der Waals surface area contributed by atoms with Gasteiger partial charge in [-0.2, -0.15) is 0 Å². The Labute approximate surface area is 447 Å². The summed E-state index contributed by atoms with van der Waals surface area (Å²) in [5.41, 5.74) is 19.3. The van der Waals surface area contributed by atoms with Crippen LogP contribution in [0.5, 0.6) is 0 Å². The maximum Gasteiger partial charge on any atom is 0.0559 e. The van der Waals surface area contributed by atoms with Crippen molar-refractivity contribution in [1.82, 2.24) is 0 Å². The smallest absolute Gasteiger partial charge is 0.0559 e. The zero-order chi connectivity index (χ0) is 50.9. The second kappa shape index (κ2) is 22.1. The van der Waals surface area contributed by atoms with Gasteiger partial charge >= 0.3 is 0 Å². The minimum atomic E-state index is 0.191. The summed E-state index contributed by atoms with van der Waals surface area (Å²) in [6.45, 7) is 0. The number of nitrogens with zero attached hydrogens (tertiary/aromatic N) is 4. The standard InChI is InChI=1S/C72H56N4/c1-7-19-61(20-8-1)73(62-21-9-2-10-22-62)67-43-31-55(32-44-67)57-35-47-69(48-36-57)75(65-27-15-5-16-28-65)71-51-39-59(40-52-71)60-41-53-72(54-42-60)76(66-29-17-6-18-30-66)70-49-37-58(38-50-70)56-33-45-68(46-34-56)74(63-23-11-3-12-24-63)64-25-13-4-14-26-64/h1-29,31-54,66H,30H2/t66-/m1/s1. The van der Waals surface area contributed by atoms with Crippen LogP contribution in [0.15, 0.2) is 322 Å². The number of anilines is 11. The SMILES string of the molecule is C1=CC[C@H](N(c2ccc(-c3ccc(N(c4ccccc4)c4ccccc4)cc3)cc2)c2ccc(-c3ccc(N(c4ccccc4)c4ccc(-c5ccc(N(c6ccccc6)c6ccccc6)cc5)cc4)cc3)cc2)C=C1. The highest BCUT2D eigenvalue weighted by molar-refractivity contribution is 5.83. The van der Waals surface area contributed by atoms with Crippen molar-refractivity contribution in [1.29, 1.82) is 0 Å². The fourth-order valence-corrected chi connectivity index (χ4v) is 10.4. The normalized spacial score (nSPS) is 12.7. The van der Waals surface area contributed by atoms with Crippen LogP contribution in [0.1, 0.15) is 6.42 Å². The molecule has 0 aliphatic heterocycles. The van der Waals surface area contributed by atoms with Crippen LogP contribution in [-0.4, -0.2) is 6.04 Å². The van der Waals surface area contributed by atoms with E-state index >= 15 is 0 Å². The summed E-state index contributed by atoms with van der Waals surface area (Å²) in [4.78, 5) is 9.38. The van der Waals surface area contributed by atoms with E-state index in [9.17, 15) is 0 Å². The molecule has 4 nitrogen and oxygen atoms in total. The molecule has 0 amide bonds. The van der Waals surface area contributed by atoms with Crippen molar-refractivity contribution in [2.24, 2.45) is 0 Å². The lowest BCUT2D eigenvalue weighted by Gasteiger charge is -2.33. The third-order valence-corrected chi connectivity index (χ3v) is 14.2. The molecule has 4 heteroatoms. The maximum absolute atomic E-state index is 2.46.